The van der Waals surface area contributed by atoms with E-state index in [9.17, 15) is 4.79 Å². The Morgan fingerprint density at radius 3 is 2.36 bits per heavy atom. The highest BCUT2D eigenvalue weighted by atomic mass is 16.1. The van der Waals surface area contributed by atoms with Crippen LogP contribution in [-0.4, -0.2) is 12.5 Å². The van der Waals surface area contributed by atoms with Crippen LogP contribution in [0.1, 0.15) is 34.1 Å². The van der Waals surface area contributed by atoms with Gasteiger partial charge in [-0.2, -0.15) is 0 Å². The van der Waals surface area contributed by atoms with Gasteiger partial charge in [0.2, 0.25) is 5.91 Å². The Labute approximate surface area is 69.7 Å². The number of rotatable bonds is 3. The molecule has 1 amide bonds. The molecule has 11 heavy (non-hydrogen) atoms. The zero-order chi connectivity index (χ0) is 9.11. The number of allylic oxidation sites excluding steroid dienone is 1. The van der Waals surface area contributed by atoms with Crippen LogP contribution in [0.4, 0.5) is 0 Å². The first-order valence-corrected chi connectivity index (χ1v) is 4.13. The second-order valence-electron chi connectivity index (χ2n) is 1.84. The lowest BCUT2D eigenvalue weighted by atomic mass is 10.4. The molecule has 0 heterocycles. The summed E-state index contributed by atoms with van der Waals surface area (Å²) in [6.45, 7) is 8.24. The molecule has 0 radical (unpaired) electrons. The Balaban J connectivity index is 0. The lowest BCUT2D eigenvalue weighted by Gasteiger charge is -1.95. The van der Waals surface area contributed by atoms with Crippen molar-refractivity contribution in [3.05, 3.63) is 12.2 Å². The molecule has 0 saturated heterocycles. The van der Waals surface area contributed by atoms with Crippen LogP contribution in [0.3, 0.4) is 0 Å². The summed E-state index contributed by atoms with van der Waals surface area (Å²) in [5.41, 5.74) is 0. The third-order valence-electron chi connectivity index (χ3n) is 0.921. The number of nitrogens with one attached hydrogen (secondary N) is 1. The Kier molecular flexibility index (Phi) is 13.9. The van der Waals surface area contributed by atoms with Crippen LogP contribution in [0.2, 0.25) is 0 Å². The molecule has 0 aromatic heterocycles. The van der Waals surface area contributed by atoms with Gasteiger partial charge >= 0.3 is 0 Å². The molecule has 0 bridgehead atoms. The minimum atomic E-state index is 0.0412. The predicted octanol–water partition coefficient (Wildman–Crippen LogP) is 2.11. The zero-order valence-electron chi connectivity index (χ0n) is 7.98. The monoisotopic (exact) mass is 157 g/mol. The molecule has 0 fully saturated rings. The van der Waals surface area contributed by atoms with E-state index in [-0.39, 0.29) is 5.91 Å². The fraction of sp³-hybridized carbons (Fsp3) is 0.667. The van der Waals surface area contributed by atoms with Gasteiger partial charge in [-0.15, -0.1) is 0 Å². The van der Waals surface area contributed by atoms with Gasteiger partial charge in [-0.1, -0.05) is 26.0 Å². The lowest BCUT2D eigenvalue weighted by Crippen LogP contribution is -2.20. The Morgan fingerprint density at radius 1 is 1.45 bits per heavy atom. The van der Waals surface area contributed by atoms with Gasteiger partial charge in [0.15, 0.2) is 0 Å². The van der Waals surface area contributed by atoms with Gasteiger partial charge in [0.05, 0.1) is 0 Å². The molecular formula is C9H19NO. The van der Waals surface area contributed by atoms with Gasteiger partial charge in [0.25, 0.3) is 0 Å². The van der Waals surface area contributed by atoms with Crippen molar-refractivity contribution in [1.82, 2.24) is 5.32 Å². The molecular weight excluding hydrogens is 138 g/mol. The van der Waals surface area contributed by atoms with E-state index in [0.29, 0.717) is 0 Å². The number of carbonyl (C=O) groups excluding carboxylic acids is 1. The summed E-state index contributed by atoms with van der Waals surface area (Å²) in [6.07, 6.45) is 4.92. The molecule has 0 unspecified atom stereocenters. The summed E-state index contributed by atoms with van der Waals surface area (Å²) in [4.78, 5) is 10.3. The number of hydrogen-bond acceptors (Lipinski definition) is 1. The van der Waals surface area contributed by atoms with E-state index in [1.165, 1.54) is 6.92 Å². The first kappa shape index (κ1) is 12.8. The Morgan fingerprint density at radius 2 is 2.00 bits per heavy atom. The van der Waals surface area contributed by atoms with E-state index in [0.717, 1.165) is 13.0 Å². The fourth-order valence-electron chi connectivity index (χ4n) is 0.498. The number of carbonyl (C=O) groups is 1. The highest BCUT2D eigenvalue weighted by Crippen LogP contribution is 1.78. The van der Waals surface area contributed by atoms with Crippen molar-refractivity contribution in [2.45, 2.75) is 34.1 Å². The SMILES string of the molecule is C/C=C/CCNC(C)=O.CC. The van der Waals surface area contributed by atoms with Crippen LogP contribution < -0.4 is 5.32 Å². The zero-order valence-corrected chi connectivity index (χ0v) is 7.98. The molecule has 0 aliphatic rings. The highest BCUT2D eigenvalue weighted by molar-refractivity contribution is 5.72. The van der Waals surface area contributed by atoms with Crippen LogP contribution in [0.5, 0.6) is 0 Å². The summed E-state index contributed by atoms with van der Waals surface area (Å²) in [7, 11) is 0. The standard InChI is InChI=1S/C7H13NO.C2H6/c1-3-4-5-6-8-7(2)9;1-2/h3-4H,5-6H2,1-2H3,(H,8,9);1-2H3/b4-3+;. The number of hydrogen-bond donors (Lipinski definition) is 1. The second-order valence-corrected chi connectivity index (χ2v) is 1.84. The highest BCUT2D eigenvalue weighted by Gasteiger charge is 1.84. The summed E-state index contributed by atoms with van der Waals surface area (Å²) < 4.78 is 0. The summed E-state index contributed by atoms with van der Waals surface area (Å²) in [5.74, 6) is 0.0412. The quantitative estimate of drug-likeness (QED) is 0.493. The van der Waals surface area contributed by atoms with Crippen molar-refractivity contribution < 1.29 is 4.79 Å². The van der Waals surface area contributed by atoms with Crippen molar-refractivity contribution in [2.75, 3.05) is 6.54 Å². The molecule has 66 valence electrons. The van der Waals surface area contributed by atoms with Gasteiger partial charge < -0.3 is 5.32 Å². The van der Waals surface area contributed by atoms with E-state index >= 15 is 0 Å². The van der Waals surface area contributed by atoms with Crippen LogP contribution in [0.25, 0.3) is 0 Å². The van der Waals surface area contributed by atoms with Crippen molar-refractivity contribution in [1.29, 1.82) is 0 Å². The molecule has 0 aliphatic heterocycles. The lowest BCUT2D eigenvalue weighted by molar-refractivity contribution is -0.118. The van der Waals surface area contributed by atoms with E-state index in [2.05, 4.69) is 5.32 Å². The maximum atomic E-state index is 10.3. The smallest absolute Gasteiger partial charge is 0.216 e. The molecule has 2 heteroatoms. The summed E-state index contributed by atoms with van der Waals surface area (Å²) in [5, 5.41) is 2.69. The summed E-state index contributed by atoms with van der Waals surface area (Å²) >= 11 is 0. The topological polar surface area (TPSA) is 29.1 Å². The average molecular weight is 157 g/mol. The Hall–Kier alpha value is -0.790. The summed E-state index contributed by atoms with van der Waals surface area (Å²) in [6, 6.07) is 0. The largest absolute Gasteiger partial charge is 0.356 e. The second kappa shape index (κ2) is 11.9. The third kappa shape index (κ3) is 17.6. The molecule has 0 aromatic rings. The minimum absolute atomic E-state index is 0.0412. The first-order valence-electron chi connectivity index (χ1n) is 4.13. The van der Waals surface area contributed by atoms with Crippen molar-refractivity contribution >= 4 is 5.91 Å². The maximum absolute atomic E-state index is 10.3. The molecule has 2 nitrogen and oxygen atoms in total. The van der Waals surface area contributed by atoms with Crippen LogP contribution in [0, 0.1) is 0 Å². The van der Waals surface area contributed by atoms with Crippen LogP contribution >= 0.6 is 0 Å². The molecule has 0 atom stereocenters. The van der Waals surface area contributed by atoms with Gasteiger partial charge in [0, 0.05) is 13.5 Å². The van der Waals surface area contributed by atoms with Crippen molar-refractivity contribution in [3.8, 4) is 0 Å². The van der Waals surface area contributed by atoms with E-state index < -0.39 is 0 Å². The van der Waals surface area contributed by atoms with Crippen LogP contribution in [-0.2, 0) is 4.79 Å². The van der Waals surface area contributed by atoms with Gasteiger partial charge in [-0.3, -0.25) is 4.79 Å². The Bertz CT molecular complexity index is 108. The van der Waals surface area contributed by atoms with Gasteiger partial charge in [0.1, 0.15) is 0 Å². The fourth-order valence-corrected chi connectivity index (χ4v) is 0.498. The number of amides is 1. The molecule has 0 spiro atoms. The van der Waals surface area contributed by atoms with Gasteiger partial charge in [-0.25, -0.2) is 0 Å². The minimum Gasteiger partial charge on any atom is -0.356 e. The molecule has 0 saturated carbocycles. The third-order valence-corrected chi connectivity index (χ3v) is 0.921. The first-order chi connectivity index (χ1) is 5.27. The predicted molar refractivity (Wildman–Crippen MR) is 49.5 cm³/mol. The van der Waals surface area contributed by atoms with E-state index in [1.54, 1.807) is 0 Å². The van der Waals surface area contributed by atoms with Crippen molar-refractivity contribution in [2.24, 2.45) is 0 Å². The molecule has 0 aromatic carbocycles. The molecule has 1 N–H and O–H groups in total. The van der Waals surface area contributed by atoms with Crippen LogP contribution in [0.15, 0.2) is 12.2 Å². The molecule has 0 rings (SSSR count). The van der Waals surface area contributed by atoms with E-state index in [1.807, 2.05) is 32.9 Å². The average Bonchev–Trinajstić information content (AvgIpc) is 2.02. The normalized spacial score (nSPS) is 8.73. The van der Waals surface area contributed by atoms with Crippen molar-refractivity contribution in [3.63, 3.8) is 0 Å². The van der Waals surface area contributed by atoms with E-state index in [4.69, 9.17) is 0 Å². The molecule has 0 aliphatic carbocycles. The van der Waals surface area contributed by atoms with Gasteiger partial charge in [-0.05, 0) is 13.3 Å². The maximum Gasteiger partial charge on any atom is 0.216 e.